The molecular formula is C21H21F4N7O3. The molecule has 3 heterocycles. The fourth-order valence-corrected chi connectivity index (χ4v) is 3.59. The van der Waals surface area contributed by atoms with Crippen LogP contribution >= 0.6 is 0 Å². The Morgan fingerprint density at radius 3 is 2.40 bits per heavy atom. The molecule has 1 aliphatic rings. The monoisotopic (exact) mass is 495 g/mol. The van der Waals surface area contributed by atoms with E-state index in [4.69, 9.17) is 4.74 Å². The number of hydrazine groups is 1. The number of piperidine rings is 1. The number of hydrogen-bond donors (Lipinski definition) is 2. The summed E-state index contributed by atoms with van der Waals surface area (Å²) in [7, 11) is 0. The van der Waals surface area contributed by atoms with Crippen molar-refractivity contribution in [1.82, 2.24) is 30.7 Å². The van der Waals surface area contributed by atoms with Crippen molar-refractivity contribution in [3.05, 3.63) is 48.0 Å². The zero-order chi connectivity index (χ0) is 25.2. The third-order valence-corrected chi connectivity index (χ3v) is 5.50. The molecular weight excluding hydrogens is 474 g/mol. The van der Waals surface area contributed by atoms with Gasteiger partial charge in [-0.15, -0.1) is 15.3 Å². The molecule has 1 fully saturated rings. The van der Waals surface area contributed by atoms with Crippen molar-refractivity contribution < 1.29 is 31.9 Å². The maximum Gasteiger partial charge on any atom is 0.453 e. The van der Waals surface area contributed by atoms with E-state index in [2.05, 4.69) is 26.1 Å². The minimum Gasteiger partial charge on any atom is -0.481 e. The molecule has 35 heavy (non-hydrogen) atoms. The third kappa shape index (κ3) is 5.58. The lowest BCUT2D eigenvalue weighted by Crippen LogP contribution is -2.50. The summed E-state index contributed by atoms with van der Waals surface area (Å²) >= 11 is 0. The second kappa shape index (κ2) is 9.72. The van der Waals surface area contributed by atoms with Crippen LogP contribution in [0.1, 0.15) is 25.6 Å². The van der Waals surface area contributed by atoms with E-state index < -0.39 is 41.7 Å². The van der Waals surface area contributed by atoms with Crippen molar-refractivity contribution in [3.63, 3.8) is 0 Å². The van der Waals surface area contributed by atoms with E-state index in [1.54, 1.807) is 11.0 Å². The van der Waals surface area contributed by atoms with Gasteiger partial charge in [-0.3, -0.25) is 20.4 Å². The lowest BCUT2D eigenvalue weighted by molar-refractivity contribution is -0.146. The second-order valence-corrected chi connectivity index (χ2v) is 7.94. The molecule has 1 aliphatic heterocycles. The fraction of sp³-hybridized carbons (Fsp3) is 0.381. The van der Waals surface area contributed by atoms with Gasteiger partial charge in [-0.05, 0) is 56.2 Å². The van der Waals surface area contributed by atoms with Crippen LogP contribution < -0.4 is 20.5 Å². The van der Waals surface area contributed by atoms with Crippen molar-refractivity contribution in [2.45, 2.75) is 32.0 Å². The maximum atomic E-state index is 13.1. The second-order valence-electron chi connectivity index (χ2n) is 7.94. The number of ether oxygens (including phenoxy) is 1. The molecule has 0 spiro atoms. The summed E-state index contributed by atoms with van der Waals surface area (Å²) in [5.41, 5.74) is 4.65. The highest BCUT2D eigenvalue weighted by atomic mass is 19.4. The molecule has 2 aromatic heterocycles. The number of nitrogens with zero attached hydrogens (tertiary/aromatic N) is 5. The lowest BCUT2D eigenvalue weighted by atomic mass is 9.96. The zero-order valence-electron chi connectivity index (χ0n) is 18.4. The largest absolute Gasteiger partial charge is 0.481 e. The van der Waals surface area contributed by atoms with Crippen molar-refractivity contribution in [1.29, 1.82) is 0 Å². The van der Waals surface area contributed by atoms with Gasteiger partial charge in [0, 0.05) is 19.0 Å². The van der Waals surface area contributed by atoms with E-state index in [9.17, 15) is 27.2 Å². The number of hydrogen-bond acceptors (Lipinski definition) is 7. The number of nitrogens with one attached hydrogen (secondary N) is 2. The first-order chi connectivity index (χ1) is 16.6. The minimum absolute atomic E-state index is 0.0243. The highest BCUT2D eigenvalue weighted by Crippen LogP contribution is 2.28. The Morgan fingerprint density at radius 1 is 1.06 bits per heavy atom. The molecule has 0 bridgehead atoms. The van der Waals surface area contributed by atoms with Crippen LogP contribution in [0.5, 0.6) is 5.75 Å². The Labute approximate surface area is 196 Å². The summed E-state index contributed by atoms with van der Waals surface area (Å²) in [5, 5.41) is 10.7. The average molecular weight is 495 g/mol. The Bertz CT molecular complexity index is 1210. The fourth-order valence-electron chi connectivity index (χ4n) is 3.59. The quantitative estimate of drug-likeness (QED) is 0.412. The van der Waals surface area contributed by atoms with Gasteiger partial charge in [0.15, 0.2) is 11.8 Å². The topological polar surface area (TPSA) is 114 Å². The van der Waals surface area contributed by atoms with Gasteiger partial charge in [0.2, 0.25) is 5.91 Å². The molecule has 2 N–H and O–H groups in total. The van der Waals surface area contributed by atoms with Crippen molar-refractivity contribution in [2.24, 2.45) is 5.92 Å². The van der Waals surface area contributed by atoms with Gasteiger partial charge in [0.25, 0.3) is 11.7 Å². The lowest BCUT2D eigenvalue weighted by Gasteiger charge is -2.32. The first-order valence-electron chi connectivity index (χ1n) is 10.7. The van der Waals surface area contributed by atoms with Gasteiger partial charge in [-0.25, -0.2) is 4.39 Å². The van der Waals surface area contributed by atoms with Gasteiger partial charge < -0.3 is 9.64 Å². The molecule has 1 unspecified atom stereocenters. The molecule has 1 atom stereocenters. The number of carbonyl (C=O) groups excluding carboxylic acids is 2. The number of fused-ring (bicyclic) bond motifs is 1. The van der Waals surface area contributed by atoms with Crippen LogP contribution in [0.15, 0.2) is 36.4 Å². The highest BCUT2D eigenvalue weighted by Gasteiger charge is 2.38. The summed E-state index contributed by atoms with van der Waals surface area (Å²) in [6, 6.07) is 8.10. The van der Waals surface area contributed by atoms with E-state index in [1.807, 2.05) is 0 Å². The predicted octanol–water partition coefficient (Wildman–Crippen LogP) is 2.11. The molecule has 186 valence electrons. The van der Waals surface area contributed by atoms with E-state index >= 15 is 0 Å². The predicted molar refractivity (Wildman–Crippen MR) is 113 cm³/mol. The van der Waals surface area contributed by atoms with Gasteiger partial charge in [0.05, 0.1) is 0 Å². The van der Waals surface area contributed by atoms with Crippen molar-refractivity contribution >= 4 is 23.3 Å². The molecule has 1 saturated heterocycles. The van der Waals surface area contributed by atoms with E-state index in [1.165, 1.54) is 37.3 Å². The maximum absolute atomic E-state index is 13.1. The smallest absolute Gasteiger partial charge is 0.453 e. The zero-order valence-corrected chi connectivity index (χ0v) is 18.4. The van der Waals surface area contributed by atoms with Crippen LogP contribution in [-0.4, -0.2) is 50.8 Å². The Hall–Kier alpha value is -3.97. The van der Waals surface area contributed by atoms with E-state index in [-0.39, 0.29) is 5.65 Å². The van der Waals surface area contributed by atoms with Crippen LogP contribution in [0.4, 0.5) is 23.4 Å². The summed E-state index contributed by atoms with van der Waals surface area (Å²) in [6.45, 7) is 2.23. The van der Waals surface area contributed by atoms with E-state index in [0.717, 1.165) is 0 Å². The number of alkyl halides is 3. The molecule has 0 aliphatic carbocycles. The van der Waals surface area contributed by atoms with E-state index in [0.29, 0.717) is 42.0 Å². The molecule has 14 heteroatoms. The van der Waals surface area contributed by atoms with Crippen LogP contribution in [0.3, 0.4) is 0 Å². The van der Waals surface area contributed by atoms with Gasteiger partial charge in [-0.2, -0.15) is 17.7 Å². The van der Waals surface area contributed by atoms with Gasteiger partial charge >= 0.3 is 6.18 Å². The Balaban J connectivity index is 1.28. The standard InChI is InChI=1S/C21H21F4N7O3/c1-12(35-15-4-2-14(22)3-5-15)18(33)27-28-19(34)13-8-10-31(11-9-13)17-7-6-16-26-29-20(21(23,24)25)32(16)30-17/h2-7,12-13H,8-11H2,1H3,(H,27,33)(H,28,34). The molecule has 2 amide bonds. The third-order valence-electron chi connectivity index (χ3n) is 5.50. The van der Waals surface area contributed by atoms with Crippen molar-refractivity contribution in [3.8, 4) is 5.75 Å². The highest BCUT2D eigenvalue weighted by molar-refractivity contribution is 5.85. The molecule has 3 aromatic rings. The summed E-state index contributed by atoms with van der Waals surface area (Å²) < 4.78 is 58.3. The SMILES string of the molecule is CC(Oc1ccc(F)cc1)C(=O)NNC(=O)C1CCN(c2ccc3nnc(C(F)(F)F)n3n2)CC1. The number of rotatable bonds is 5. The van der Waals surface area contributed by atoms with Gasteiger partial charge in [-0.1, -0.05) is 0 Å². The van der Waals surface area contributed by atoms with Gasteiger partial charge in [0.1, 0.15) is 17.4 Å². The molecule has 4 rings (SSSR count). The first-order valence-corrected chi connectivity index (χ1v) is 10.7. The Kier molecular flexibility index (Phi) is 6.71. The van der Waals surface area contributed by atoms with Crippen LogP contribution in [-0.2, 0) is 15.8 Å². The Morgan fingerprint density at radius 2 is 1.74 bits per heavy atom. The number of halogens is 4. The molecule has 0 radical (unpaired) electrons. The summed E-state index contributed by atoms with van der Waals surface area (Å²) in [5.74, 6) is -2.44. The van der Waals surface area contributed by atoms with Crippen molar-refractivity contribution in [2.75, 3.05) is 18.0 Å². The minimum atomic E-state index is -4.69. The normalized spacial score (nSPS) is 15.6. The summed E-state index contributed by atoms with van der Waals surface area (Å²) in [6.07, 6.45) is -4.83. The number of aromatic nitrogens is 4. The van der Waals surface area contributed by atoms with Crippen LogP contribution in [0.2, 0.25) is 0 Å². The number of anilines is 1. The molecule has 1 aromatic carbocycles. The number of amides is 2. The van der Waals surface area contributed by atoms with Crippen LogP contribution in [0, 0.1) is 11.7 Å². The number of benzene rings is 1. The van der Waals surface area contributed by atoms with Crippen LogP contribution in [0.25, 0.3) is 5.65 Å². The average Bonchev–Trinajstić information content (AvgIpc) is 3.28. The summed E-state index contributed by atoms with van der Waals surface area (Å²) in [4.78, 5) is 26.4. The molecule has 0 saturated carbocycles. The first kappa shape index (κ1) is 24.2. The number of carbonyl (C=O) groups is 2. The molecule has 10 nitrogen and oxygen atoms in total.